The SMILES string of the molecule is C1=CC2CC2C=C1c1ccc(N(c2ccccc2)c2ccc(-c3ccc(N(c4ccccc4)c4ccc(-c5ccc(-c6ccccc6)cc5)cc4)cc3-c3ccccc3)cc2)cc1. The van der Waals surface area contributed by atoms with Gasteiger partial charge < -0.3 is 9.80 Å². The summed E-state index contributed by atoms with van der Waals surface area (Å²) < 4.78 is 0. The van der Waals surface area contributed by atoms with Gasteiger partial charge in [0.15, 0.2) is 0 Å². The van der Waals surface area contributed by atoms with Crippen molar-refractivity contribution in [3.63, 3.8) is 0 Å². The molecule has 9 aromatic rings. The Morgan fingerprint density at radius 1 is 0.286 bits per heavy atom. The molecule has 9 aromatic carbocycles. The molecule has 0 bridgehead atoms. The Bertz CT molecular complexity index is 3030. The Morgan fingerprint density at radius 2 is 0.651 bits per heavy atom. The molecule has 2 unspecified atom stereocenters. The highest BCUT2D eigenvalue weighted by Crippen LogP contribution is 2.47. The van der Waals surface area contributed by atoms with E-state index in [1.807, 2.05) is 0 Å². The molecule has 0 aromatic heterocycles. The predicted molar refractivity (Wildman–Crippen MR) is 266 cm³/mol. The van der Waals surface area contributed by atoms with Gasteiger partial charge in [0.2, 0.25) is 0 Å². The van der Waals surface area contributed by atoms with E-state index in [2.05, 4.69) is 265 Å². The fourth-order valence-electron chi connectivity index (χ4n) is 9.06. The standard InChI is InChI=1S/C61H46N2/c1-5-13-44(14-6-1)45-21-23-46(24-22-45)47-27-33-58(34-28-47)63(55-19-11-4-12-20-55)59-39-40-60(61(43-59)49-15-7-2-8-16-49)50-31-37-57(38-32-50)62(54-17-9-3-10-18-54)56-35-29-48(30-36-56)51-25-26-52-42-53(52)41-51/h1-41,43,52-53H,42H2. The Balaban J connectivity index is 0.931. The van der Waals surface area contributed by atoms with Gasteiger partial charge in [0.1, 0.15) is 0 Å². The average Bonchev–Trinajstić information content (AvgIpc) is 4.16. The molecule has 2 heteroatoms. The van der Waals surface area contributed by atoms with E-state index < -0.39 is 0 Å². The van der Waals surface area contributed by atoms with Crippen LogP contribution in [0, 0.1) is 11.8 Å². The third-order valence-electron chi connectivity index (χ3n) is 12.5. The zero-order chi connectivity index (χ0) is 42.0. The van der Waals surface area contributed by atoms with Crippen LogP contribution in [0.3, 0.4) is 0 Å². The number of nitrogens with zero attached hydrogens (tertiary/aromatic N) is 2. The molecule has 0 spiro atoms. The minimum Gasteiger partial charge on any atom is -0.311 e. The second-order valence-corrected chi connectivity index (χ2v) is 16.6. The summed E-state index contributed by atoms with van der Waals surface area (Å²) in [6.45, 7) is 0. The highest BCUT2D eigenvalue weighted by molar-refractivity contribution is 5.90. The minimum atomic E-state index is 0.721. The number of allylic oxidation sites excluding steroid dienone is 4. The number of rotatable bonds is 11. The summed E-state index contributed by atoms with van der Waals surface area (Å²) in [5, 5.41) is 0. The zero-order valence-electron chi connectivity index (χ0n) is 35.0. The maximum atomic E-state index is 2.45. The fourth-order valence-corrected chi connectivity index (χ4v) is 9.06. The summed E-state index contributed by atoms with van der Waals surface area (Å²) in [6, 6.07) is 85.4. The van der Waals surface area contributed by atoms with Crippen molar-refractivity contribution in [3.8, 4) is 44.5 Å². The molecule has 1 saturated carbocycles. The van der Waals surface area contributed by atoms with Gasteiger partial charge in [0, 0.05) is 34.1 Å². The summed E-state index contributed by atoms with van der Waals surface area (Å²) in [6.07, 6.45) is 8.43. The van der Waals surface area contributed by atoms with Crippen molar-refractivity contribution in [2.45, 2.75) is 6.42 Å². The first-order valence-corrected chi connectivity index (χ1v) is 22.0. The lowest BCUT2D eigenvalue weighted by atomic mass is 9.93. The van der Waals surface area contributed by atoms with Gasteiger partial charge in [-0.15, -0.1) is 0 Å². The van der Waals surface area contributed by atoms with E-state index in [4.69, 9.17) is 0 Å². The van der Waals surface area contributed by atoms with Gasteiger partial charge in [-0.3, -0.25) is 0 Å². The van der Waals surface area contributed by atoms with Crippen LogP contribution in [0.1, 0.15) is 12.0 Å². The molecule has 0 amide bonds. The van der Waals surface area contributed by atoms with Gasteiger partial charge in [-0.1, -0.05) is 182 Å². The number of fused-ring (bicyclic) bond motifs is 1. The van der Waals surface area contributed by atoms with Crippen LogP contribution in [0.4, 0.5) is 34.1 Å². The van der Waals surface area contributed by atoms with Crippen LogP contribution in [0.2, 0.25) is 0 Å². The maximum absolute atomic E-state index is 2.45. The predicted octanol–water partition coefficient (Wildman–Crippen LogP) is 16.9. The largest absolute Gasteiger partial charge is 0.311 e. The molecular formula is C61H46N2. The summed E-state index contributed by atoms with van der Waals surface area (Å²) in [4.78, 5) is 4.70. The van der Waals surface area contributed by atoms with Crippen LogP contribution < -0.4 is 9.80 Å². The number of hydrogen-bond acceptors (Lipinski definition) is 2. The smallest absolute Gasteiger partial charge is 0.0468 e. The Labute approximate surface area is 371 Å². The molecular weight excluding hydrogens is 761 g/mol. The number of hydrogen-bond donors (Lipinski definition) is 0. The molecule has 0 saturated heterocycles. The summed E-state index contributed by atoms with van der Waals surface area (Å²) in [7, 11) is 0. The Morgan fingerprint density at radius 3 is 1.16 bits per heavy atom. The van der Waals surface area contributed by atoms with Gasteiger partial charge in [-0.05, 0) is 147 Å². The van der Waals surface area contributed by atoms with Crippen molar-refractivity contribution in [1.29, 1.82) is 0 Å². The molecule has 11 rings (SSSR count). The lowest BCUT2D eigenvalue weighted by molar-refractivity contribution is 0.985. The normalized spacial score (nSPS) is 15.0. The summed E-state index contributed by atoms with van der Waals surface area (Å²) in [5.74, 6) is 1.48. The zero-order valence-corrected chi connectivity index (χ0v) is 35.0. The van der Waals surface area contributed by atoms with Crippen LogP contribution in [-0.4, -0.2) is 0 Å². The molecule has 2 aliphatic rings. The lowest BCUT2D eigenvalue weighted by Crippen LogP contribution is -2.10. The van der Waals surface area contributed by atoms with Crippen LogP contribution in [-0.2, 0) is 0 Å². The van der Waals surface area contributed by atoms with Crippen LogP contribution in [0.25, 0.3) is 50.1 Å². The maximum Gasteiger partial charge on any atom is 0.0468 e. The third kappa shape index (κ3) is 7.91. The highest BCUT2D eigenvalue weighted by atomic mass is 15.1. The minimum absolute atomic E-state index is 0.721. The van der Waals surface area contributed by atoms with E-state index >= 15 is 0 Å². The topological polar surface area (TPSA) is 6.48 Å². The van der Waals surface area contributed by atoms with Gasteiger partial charge in [0.05, 0.1) is 0 Å². The summed E-state index contributed by atoms with van der Waals surface area (Å²) >= 11 is 0. The third-order valence-corrected chi connectivity index (χ3v) is 12.5. The van der Waals surface area contributed by atoms with Crippen molar-refractivity contribution in [3.05, 3.63) is 260 Å². The Kier molecular flexibility index (Phi) is 10.2. The first kappa shape index (κ1) is 38.0. The number of para-hydroxylation sites is 2. The fraction of sp³-hybridized carbons (Fsp3) is 0.0492. The van der Waals surface area contributed by atoms with E-state index in [9.17, 15) is 0 Å². The van der Waals surface area contributed by atoms with Crippen LogP contribution in [0.15, 0.2) is 255 Å². The molecule has 0 radical (unpaired) electrons. The van der Waals surface area contributed by atoms with Gasteiger partial charge in [-0.25, -0.2) is 0 Å². The highest BCUT2D eigenvalue weighted by Gasteiger charge is 2.35. The molecule has 2 atom stereocenters. The van der Waals surface area contributed by atoms with E-state index in [0.29, 0.717) is 0 Å². The second kappa shape index (κ2) is 16.8. The molecule has 0 N–H and O–H groups in total. The van der Waals surface area contributed by atoms with Crippen LogP contribution >= 0.6 is 0 Å². The second-order valence-electron chi connectivity index (χ2n) is 16.6. The average molecular weight is 807 g/mol. The van der Waals surface area contributed by atoms with Crippen molar-refractivity contribution >= 4 is 39.7 Å². The number of anilines is 6. The monoisotopic (exact) mass is 806 g/mol. The Hall–Kier alpha value is -7.94. The van der Waals surface area contributed by atoms with Gasteiger partial charge >= 0.3 is 0 Å². The van der Waals surface area contributed by atoms with Crippen molar-refractivity contribution in [1.82, 2.24) is 0 Å². The molecule has 1 fully saturated rings. The van der Waals surface area contributed by atoms with E-state index in [-0.39, 0.29) is 0 Å². The van der Waals surface area contributed by atoms with Crippen molar-refractivity contribution in [2.24, 2.45) is 11.8 Å². The molecule has 63 heavy (non-hydrogen) atoms. The van der Waals surface area contributed by atoms with Crippen molar-refractivity contribution in [2.75, 3.05) is 9.80 Å². The van der Waals surface area contributed by atoms with Crippen LogP contribution in [0.5, 0.6) is 0 Å². The van der Waals surface area contributed by atoms with Gasteiger partial charge in [-0.2, -0.15) is 0 Å². The molecule has 2 nitrogen and oxygen atoms in total. The summed E-state index contributed by atoms with van der Waals surface area (Å²) in [5.41, 5.74) is 18.8. The molecule has 0 aliphatic heterocycles. The van der Waals surface area contributed by atoms with E-state index in [1.54, 1.807) is 0 Å². The first-order valence-electron chi connectivity index (χ1n) is 22.0. The van der Waals surface area contributed by atoms with E-state index in [1.165, 1.54) is 56.5 Å². The number of benzene rings is 9. The quantitative estimate of drug-likeness (QED) is 0.128. The molecule has 2 aliphatic carbocycles. The van der Waals surface area contributed by atoms with Gasteiger partial charge in [0.25, 0.3) is 0 Å². The molecule has 0 heterocycles. The lowest BCUT2D eigenvalue weighted by Gasteiger charge is -2.27. The first-order chi connectivity index (χ1) is 31.2. The van der Waals surface area contributed by atoms with Crippen molar-refractivity contribution < 1.29 is 0 Å². The van der Waals surface area contributed by atoms with E-state index in [0.717, 1.165) is 51.5 Å². The molecule has 300 valence electrons.